The second kappa shape index (κ2) is 12.3. The third-order valence-electron chi connectivity index (χ3n) is 4.24. The summed E-state index contributed by atoms with van der Waals surface area (Å²) in [5.74, 6) is 1.97. The summed E-state index contributed by atoms with van der Waals surface area (Å²) in [6, 6.07) is 4.14. The zero-order valence-electron chi connectivity index (χ0n) is 15.8. The van der Waals surface area contributed by atoms with Gasteiger partial charge in [0.15, 0.2) is 5.96 Å². The molecule has 0 aliphatic carbocycles. The smallest absolute Gasteiger partial charge is 0.191 e. The van der Waals surface area contributed by atoms with Gasteiger partial charge >= 0.3 is 0 Å². The third-order valence-corrected chi connectivity index (χ3v) is 4.24. The van der Waals surface area contributed by atoms with E-state index < -0.39 is 0 Å². The Morgan fingerprint density at radius 1 is 1.20 bits per heavy atom. The minimum Gasteiger partial charge on any atom is -0.357 e. The molecule has 0 aromatic carbocycles. The summed E-state index contributed by atoms with van der Waals surface area (Å²) < 4.78 is 0. The van der Waals surface area contributed by atoms with Crippen molar-refractivity contribution in [1.82, 2.24) is 20.5 Å². The van der Waals surface area contributed by atoms with Gasteiger partial charge in [-0.15, -0.1) is 24.0 Å². The van der Waals surface area contributed by atoms with Crippen molar-refractivity contribution in [2.75, 3.05) is 51.2 Å². The second-order valence-electron chi connectivity index (χ2n) is 6.25. The Balaban J connectivity index is 0.00000312. The van der Waals surface area contributed by atoms with Gasteiger partial charge in [0.1, 0.15) is 5.82 Å². The van der Waals surface area contributed by atoms with E-state index >= 15 is 0 Å². The summed E-state index contributed by atoms with van der Waals surface area (Å²) in [6.07, 6.45) is 4.22. The Morgan fingerprint density at radius 3 is 2.64 bits per heavy atom. The molecular formula is C18H33IN6. The van der Waals surface area contributed by atoms with Gasteiger partial charge in [-0.05, 0) is 26.5 Å². The van der Waals surface area contributed by atoms with E-state index in [2.05, 4.69) is 52.4 Å². The molecule has 0 amide bonds. The first kappa shape index (κ1) is 22.0. The molecule has 1 saturated heterocycles. The van der Waals surface area contributed by atoms with E-state index in [1.807, 2.05) is 12.3 Å². The van der Waals surface area contributed by atoms with Crippen molar-refractivity contribution >= 4 is 35.8 Å². The highest BCUT2D eigenvalue weighted by Gasteiger charge is 2.17. The summed E-state index contributed by atoms with van der Waals surface area (Å²) >= 11 is 0. The fourth-order valence-electron chi connectivity index (χ4n) is 2.75. The van der Waals surface area contributed by atoms with Gasteiger partial charge in [0.2, 0.25) is 0 Å². The molecule has 0 saturated carbocycles. The maximum atomic E-state index is 4.74. The highest BCUT2D eigenvalue weighted by molar-refractivity contribution is 14.0. The van der Waals surface area contributed by atoms with Crippen molar-refractivity contribution in [2.45, 2.75) is 33.2 Å². The Hall–Kier alpha value is -1.09. The predicted molar refractivity (Wildman–Crippen MR) is 117 cm³/mol. The molecule has 1 aliphatic heterocycles. The largest absolute Gasteiger partial charge is 0.357 e. The number of anilines is 1. The van der Waals surface area contributed by atoms with Crippen molar-refractivity contribution in [3.05, 3.63) is 23.9 Å². The van der Waals surface area contributed by atoms with E-state index in [1.165, 1.54) is 12.0 Å². The molecule has 0 bridgehead atoms. The molecule has 2 rings (SSSR count). The van der Waals surface area contributed by atoms with Crippen molar-refractivity contribution in [1.29, 1.82) is 0 Å². The molecule has 1 aromatic heterocycles. The lowest BCUT2D eigenvalue weighted by molar-refractivity contribution is 0.312. The van der Waals surface area contributed by atoms with Crippen LogP contribution in [0.1, 0.15) is 32.3 Å². The Kier molecular flexibility index (Phi) is 10.8. The molecule has 2 heterocycles. The highest BCUT2D eigenvalue weighted by atomic mass is 127. The molecule has 2 N–H and O–H groups in total. The maximum absolute atomic E-state index is 4.74. The molecule has 0 unspecified atom stereocenters. The topological polar surface area (TPSA) is 55.8 Å². The molecule has 7 heteroatoms. The number of halogens is 1. The van der Waals surface area contributed by atoms with Crippen molar-refractivity contribution in [2.24, 2.45) is 4.99 Å². The number of aromatic nitrogens is 1. The zero-order valence-corrected chi connectivity index (χ0v) is 18.1. The summed E-state index contributed by atoms with van der Waals surface area (Å²) in [4.78, 5) is 14.1. The fourth-order valence-corrected chi connectivity index (χ4v) is 2.75. The van der Waals surface area contributed by atoms with Crippen LogP contribution in [0.2, 0.25) is 0 Å². The van der Waals surface area contributed by atoms with Crippen molar-refractivity contribution in [3.8, 4) is 0 Å². The first-order valence-electron chi connectivity index (χ1n) is 9.14. The van der Waals surface area contributed by atoms with Gasteiger partial charge in [-0.1, -0.05) is 19.4 Å². The van der Waals surface area contributed by atoms with Crippen LogP contribution in [-0.2, 0) is 6.54 Å². The van der Waals surface area contributed by atoms with E-state index in [0.717, 1.165) is 57.5 Å². The number of piperazine rings is 1. The van der Waals surface area contributed by atoms with Gasteiger partial charge in [-0.2, -0.15) is 0 Å². The Labute approximate surface area is 169 Å². The monoisotopic (exact) mass is 460 g/mol. The van der Waals surface area contributed by atoms with Crippen LogP contribution in [0.4, 0.5) is 5.82 Å². The molecule has 0 spiro atoms. The lowest BCUT2D eigenvalue weighted by Gasteiger charge is -2.34. The van der Waals surface area contributed by atoms with Crippen LogP contribution in [0, 0.1) is 0 Å². The van der Waals surface area contributed by atoms with Crippen LogP contribution >= 0.6 is 24.0 Å². The van der Waals surface area contributed by atoms with Crippen LogP contribution in [-0.4, -0.2) is 62.2 Å². The van der Waals surface area contributed by atoms with Crippen LogP contribution in [0.25, 0.3) is 0 Å². The lowest BCUT2D eigenvalue weighted by Crippen LogP contribution is -2.45. The van der Waals surface area contributed by atoms with E-state index in [4.69, 9.17) is 4.99 Å². The SMILES string of the molecule is CCCCNC(=NCc1cccnc1N1CCN(C)CC1)NCC.I. The number of guanidine groups is 1. The van der Waals surface area contributed by atoms with Gasteiger partial charge in [-0.3, -0.25) is 0 Å². The van der Waals surface area contributed by atoms with Gasteiger partial charge in [-0.25, -0.2) is 9.98 Å². The van der Waals surface area contributed by atoms with E-state index in [-0.39, 0.29) is 24.0 Å². The number of rotatable bonds is 7. The number of hydrogen-bond acceptors (Lipinski definition) is 4. The maximum Gasteiger partial charge on any atom is 0.191 e. The minimum absolute atomic E-state index is 0. The molecule has 6 nitrogen and oxygen atoms in total. The Bertz CT molecular complexity index is 514. The summed E-state index contributed by atoms with van der Waals surface area (Å²) in [5.41, 5.74) is 1.19. The molecule has 1 fully saturated rings. The third kappa shape index (κ3) is 7.35. The van der Waals surface area contributed by atoms with Crippen LogP contribution < -0.4 is 15.5 Å². The number of likely N-dealkylation sites (N-methyl/N-ethyl adjacent to an activating group) is 1. The molecular weight excluding hydrogens is 427 g/mol. The van der Waals surface area contributed by atoms with Gasteiger partial charge in [0.05, 0.1) is 6.54 Å². The highest BCUT2D eigenvalue weighted by Crippen LogP contribution is 2.19. The quantitative estimate of drug-likeness (QED) is 0.283. The minimum atomic E-state index is 0. The molecule has 1 aromatic rings. The number of pyridine rings is 1. The molecule has 0 atom stereocenters. The van der Waals surface area contributed by atoms with E-state index in [1.54, 1.807) is 0 Å². The van der Waals surface area contributed by atoms with Crippen LogP contribution in [0.15, 0.2) is 23.3 Å². The molecule has 1 aliphatic rings. The lowest BCUT2D eigenvalue weighted by atomic mass is 10.2. The summed E-state index contributed by atoms with van der Waals surface area (Å²) in [5, 5.41) is 6.71. The van der Waals surface area contributed by atoms with Crippen molar-refractivity contribution in [3.63, 3.8) is 0 Å². The summed E-state index contributed by atoms with van der Waals surface area (Å²) in [6.45, 7) is 11.0. The van der Waals surface area contributed by atoms with Crippen LogP contribution in [0.5, 0.6) is 0 Å². The molecule has 0 radical (unpaired) electrons. The first-order valence-corrected chi connectivity index (χ1v) is 9.14. The number of unbranched alkanes of at least 4 members (excludes halogenated alkanes) is 1. The number of hydrogen-bond donors (Lipinski definition) is 2. The van der Waals surface area contributed by atoms with Crippen molar-refractivity contribution < 1.29 is 0 Å². The number of nitrogens with one attached hydrogen (secondary N) is 2. The summed E-state index contributed by atoms with van der Waals surface area (Å²) in [7, 11) is 2.17. The Morgan fingerprint density at radius 2 is 1.96 bits per heavy atom. The molecule has 25 heavy (non-hydrogen) atoms. The van der Waals surface area contributed by atoms with Gasteiger partial charge in [0.25, 0.3) is 0 Å². The normalized spacial score (nSPS) is 15.6. The second-order valence-corrected chi connectivity index (χ2v) is 6.25. The predicted octanol–water partition coefficient (Wildman–Crippen LogP) is 2.31. The number of aliphatic imine (C=N–C) groups is 1. The van der Waals surface area contributed by atoms with Crippen LogP contribution in [0.3, 0.4) is 0 Å². The zero-order chi connectivity index (χ0) is 17.2. The average molecular weight is 460 g/mol. The standard InChI is InChI=1S/C18H32N6.HI/c1-4-6-9-21-18(19-5-2)22-15-16-8-7-10-20-17(16)24-13-11-23(3)12-14-24;/h7-8,10H,4-6,9,11-15H2,1-3H3,(H2,19,21,22);1H. The fraction of sp³-hybridized carbons (Fsp3) is 0.667. The first-order chi connectivity index (χ1) is 11.7. The number of nitrogens with zero attached hydrogens (tertiary/aromatic N) is 4. The van der Waals surface area contributed by atoms with Gasteiger partial charge < -0.3 is 20.4 Å². The van der Waals surface area contributed by atoms with E-state index in [9.17, 15) is 0 Å². The average Bonchev–Trinajstić information content (AvgIpc) is 2.61. The van der Waals surface area contributed by atoms with Gasteiger partial charge in [0, 0.05) is 51.0 Å². The molecule has 142 valence electrons. The van der Waals surface area contributed by atoms with E-state index in [0.29, 0.717) is 6.54 Å².